The van der Waals surface area contributed by atoms with Crippen LogP contribution in [0.2, 0.25) is 0 Å². The van der Waals surface area contributed by atoms with Crippen LogP contribution < -0.4 is 4.90 Å². The van der Waals surface area contributed by atoms with Crippen molar-refractivity contribution in [2.24, 2.45) is 13.0 Å². The van der Waals surface area contributed by atoms with E-state index in [2.05, 4.69) is 17.2 Å². The van der Waals surface area contributed by atoms with E-state index in [0.29, 0.717) is 24.8 Å². The minimum absolute atomic E-state index is 0.00458. The summed E-state index contributed by atoms with van der Waals surface area (Å²) in [6.07, 6.45) is 1.76. The van der Waals surface area contributed by atoms with Crippen molar-refractivity contribution in [1.29, 1.82) is 0 Å². The normalized spacial score (nSPS) is 22.2. The molecule has 37 heavy (non-hydrogen) atoms. The molecule has 2 amide bonds. The first kappa shape index (κ1) is 23.4. The predicted octanol–water partition coefficient (Wildman–Crippen LogP) is 4.08. The van der Waals surface area contributed by atoms with E-state index in [9.17, 15) is 9.59 Å². The average Bonchev–Trinajstić information content (AvgIpc) is 3.62. The van der Waals surface area contributed by atoms with E-state index in [1.807, 2.05) is 72.1 Å². The van der Waals surface area contributed by atoms with Gasteiger partial charge in [0, 0.05) is 55.2 Å². The van der Waals surface area contributed by atoms with Crippen molar-refractivity contribution >= 4 is 28.4 Å². The molecule has 2 aromatic carbocycles. The maximum Gasteiger partial charge on any atom is 0.230 e. The minimum atomic E-state index is -0.313. The summed E-state index contributed by atoms with van der Waals surface area (Å²) in [6.45, 7) is 5.10. The molecule has 0 radical (unpaired) electrons. The quantitative estimate of drug-likeness (QED) is 0.421. The Labute approximate surface area is 215 Å². The summed E-state index contributed by atoms with van der Waals surface area (Å²) in [4.78, 5) is 34.4. The van der Waals surface area contributed by atoms with Gasteiger partial charge in [0.25, 0.3) is 0 Å². The highest BCUT2D eigenvalue weighted by Crippen LogP contribution is 2.34. The second-order valence-corrected chi connectivity index (χ2v) is 10.2. The van der Waals surface area contributed by atoms with Crippen molar-refractivity contribution in [2.45, 2.75) is 45.1 Å². The highest BCUT2D eigenvalue weighted by atomic mass is 16.5. The fourth-order valence-corrected chi connectivity index (χ4v) is 5.78. The van der Waals surface area contributed by atoms with Crippen molar-refractivity contribution in [1.82, 2.24) is 24.8 Å². The van der Waals surface area contributed by atoms with Crippen LogP contribution in [0.4, 0.5) is 5.69 Å². The maximum absolute atomic E-state index is 13.4. The fourth-order valence-electron chi connectivity index (χ4n) is 5.78. The number of rotatable bonds is 4. The van der Waals surface area contributed by atoms with Gasteiger partial charge in [0.1, 0.15) is 0 Å². The molecule has 3 atom stereocenters. The van der Waals surface area contributed by atoms with E-state index < -0.39 is 0 Å². The van der Waals surface area contributed by atoms with Gasteiger partial charge in [-0.3, -0.25) is 14.3 Å². The van der Waals surface area contributed by atoms with Crippen molar-refractivity contribution in [3.05, 3.63) is 60.1 Å². The molecule has 9 heteroatoms. The molecule has 0 bridgehead atoms. The lowest BCUT2D eigenvalue weighted by atomic mass is 9.90. The zero-order chi connectivity index (χ0) is 25.7. The number of likely N-dealkylation sites (tertiary alicyclic amines) is 1. The lowest BCUT2D eigenvalue weighted by Gasteiger charge is -2.37. The SMILES string of the molecule is Cc1nn(C)c2cc(-c3noc(C4CCN(C(=O)[C@H]5CC(=O)N(c6ccccc6)C5)C(C)C4)n3)ccc12. The molecule has 4 heterocycles. The van der Waals surface area contributed by atoms with Crippen LogP contribution in [0.5, 0.6) is 0 Å². The van der Waals surface area contributed by atoms with E-state index in [1.54, 1.807) is 4.90 Å². The number of nitrogens with zero attached hydrogens (tertiary/aromatic N) is 6. The third-order valence-corrected chi connectivity index (χ3v) is 7.79. The molecule has 4 aromatic rings. The van der Waals surface area contributed by atoms with Gasteiger partial charge in [-0.1, -0.05) is 35.5 Å². The van der Waals surface area contributed by atoms with Crippen LogP contribution >= 0.6 is 0 Å². The number of piperidine rings is 1. The topological polar surface area (TPSA) is 97.4 Å². The van der Waals surface area contributed by atoms with Crippen LogP contribution in [-0.4, -0.2) is 55.8 Å². The molecule has 2 aliphatic rings. The average molecular weight is 499 g/mol. The highest BCUT2D eigenvalue weighted by molar-refractivity contribution is 6.00. The van der Waals surface area contributed by atoms with Gasteiger partial charge in [0.2, 0.25) is 23.5 Å². The number of carbonyl (C=O) groups excluding carboxylic acids is 2. The Bertz CT molecular complexity index is 1480. The van der Waals surface area contributed by atoms with Crippen molar-refractivity contribution in [2.75, 3.05) is 18.0 Å². The van der Waals surface area contributed by atoms with E-state index >= 15 is 0 Å². The Hall–Kier alpha value is -4.01. The molecule has 9 nitrogen and oxygen atoms in total. The van der Waals surface area contributed by atoms with Crippen LogP contribution in [0, 0.1) is 12.8 Å². The zero-order valence-corrected chi connectivity index (χ0v) is 21.3. The summed E-state index contributed by atoms with van der Waals surface area (Å²) in [5.74, 6) is 1.02. The van der Waals surface area contributed by atoms with Crippen LogP contribution in [0.15, 0.2) is 53.1 Å². The number of hydrogen-bond acceptors (Lipinski definition) is 6. The van der Waals surface area contributed by atoms with Crippen LogP contribution in [-0.2, 0) is 16.6 Å². The molecule has 0 N–H and O–H groups in total. The van der Waals surface area contributed by atoms with E-state index in [4.69, 9.17) is 9.51 Å². The number of para-hydroxylation sites is 1. The standard InChI is InChI=1S/C28H30N6O3/c1-17-13-20(27-29-26(31-37-27)19-9-10-23-18(2)30-32(3)24(23)14-19)11-12-33(17)28(36)21-15-25(35)34(16-21)22-7-5-4-6-8-22/h4-10,14,17,20-21H,11-13,15-16H2,1-3H3/t17?,20?,21-/m0/s1. The molecule has 2 fully saturated rings. The Kier molecular flexibility index (Phi) is 5.78. The van der Waals surface area contributed by atoms with Gasteiger partial charge in [0.15, 0.2) is 0 Å². The molecule has 6 rings (SSSR count). The van der Waals surface area contributed by atoms with Crippen LogP contribution in [0.1, 0.15) is 43.7 Å². The third kappa shape index (κ3) is 4.18. The molecule has 190 valence electrons. The summed E-state index contributed by atoms with van der Waals surface area (Å²) >= 11 is 0. The monoisotopic (exact) mass is 498 g/mol. The van der Waals surface area contributed by atoms with Gasteiger partial charge in [-0.05, 0) is 44.9 Å². The molecule has 0 aliphatic carbocycles. The minimum Gasteiger partial charge on any atom is -0.340 e. The van der Waals surface area contributed by atoms with E-state index in [1.165, 1.54) is 0 Å². The Morgan fingerprint density at radius 3 is 2.73 bits per heavy atom. The third-order valence-electron chi connectivity index (χ3n) is 7.79. The molecule has 0 saturated carbocycles. The summed E-state index contributed by atoms with van der Waals surface area (Å²) < 4.78 is 7.55. The number of carbonyl (C=O) groups is 2. The number of aryl methyl sites for hydroxylation is 2. The smallest absolute Gasteiger partial charge is 0.230 e. The lowest BCUT2D eigenvalue weighted by molar-refractivity contribution is -0.139. The Morgan fingerprint density at radius 1 is 1.14 bits per heavy atom. The number of hydrogen-bond donors (Lipinski definition) is 0. The van der Waals surface area contributed by atoms with Gasteiger partial charge in [-0.25, -0.2) is 0 Å². The van der Waals surface area contributed by atoms with Gasteiger partial charge >= 0.3 is 0 Å². The van der Waals surface area contributed by atoms with Crippen LogP contribution in [0.3, 0.4) is 0 Å². The predicted molar refractivity (Wildman–Crippen MR) is 139 cm³/mol. The molecule has 2 aromatic heterocycles. The largest absolute Gasteiger partial charge is 0.340 e. The number of amides is 2. The highest BCUT2D eigenvalue weighted by Gasteiger charge is 2.40. The molecule has 0 spiro atoms. The second-order valence-electron chi connectivity index (χ2n) is 10.2. The maximum atomic E-state index is 13.4. The number of fused-ring (bicyclic) bond motifs is 1. The molecule has 2 saturated heterocycles. The van der Waals surface area contributed by atoms with Gasteiger partial charge < -0.3 is 14.3 Å². The first-order chi connectivity index (χ1) is 17.9. The Morgan fingerprint density at radius 2 is 1.95 bits per heavy atom. The van der Waals surface area contributed by atoms with Crippen molar-refractivity contribution in [3.63, 3.8) is 0 Å². The summed E-state index contributed by atoms with van der Waals surface area (Å²) in [7, 11) is 1.93. The van der Waals surface area contributed by atoms with Gasteiger partial charge in [-0.15, -0.1) is 0 Å². The molecular weight excluding hydrogens is 468 g/mol. The second kappa shape index (κ2) is 9.14. The van der Waals surface area contributed by atoms with Crippen molar-refractivity contribution in [3.8, 4) is 11.4 Å². The summed E-state index contributed by atoms with van der Waals surface area (Å²) in [6, 6.07) is 15.7. The molecule has 2 aliphatic heterocycles. The Balaban J connectivity index is 1.12. The fraction of sp³-hybridized carbons (Fsp3) is 0.393. The van der Waals surface area contributed by atoms with E-state index in [0.717, 1.165) is 40.7 Å². The summed E-state index contributed by atoms with van der Waals surface area (Å²) in [5.41, 5.74) is 3.75. The zero-order valence-electron chi connectivity index (χ0n) is 21.3. The number of benzene rings is 2. The lowest BCUT2D eigenvalue weighted by Crippen LogP contribution is -2.47. The first-order valence-electron chi connectivity index (χ1n) is 12.8. The molecular formula is C28H30N6O3. The first-order valence-corrected chi connectivity index (χ1v) is 12.8. The number of anilines is 1. The van der Waals surface area contributed by atoms with E-state index in [-0.39, 0.29) is 36.1 Å². The number of aromatic nitrogens is 4. The van der Waals surface area contributed by atoms with Crippen molar-refractivity contribution < 1.29 is 14.1 Å². The van der Waals surface area contributed by atoms with Crippen LogP contribution in [0.25, 0.3) is 22.3 Å². The summed E-state index contributed by atoms with van der Waals surface area (Å²) in [5, 5.41) is 9.85. The molecule has 2 unspecified atom stereocenters. The van der Waals surface area contributed by atoms with Gasteiger partial charge in [-0.2, -0.15) is 10.1 Å². The van der Waals surface area contributed by atoms with Gasteiger partial charge in [0.05, 0.1) is 17.1 Å².